The number of hydrogen-bond donors (Lipinski definition) is 0. The Balaban J connectivity index is 2.11. The number of halogens is 1. The Morgan fingerprint density at radius 3 is 2.93 bits per heavy atom. The van der Waals surface area contributed by atoms with Crippen LogP contribution in [0.1, 0.15) is 12.5 Å². The summed E-state index contributed by atoms with van der Waals surface area (Å²) in [5.41, 5.74) is 0.878. The molecule has 0 amide bonds. The first kappa shape index (κ1) is 19.6. The lowest BCUT2D eigenvalue weighted by Gasteiger charge is -2.11. The molecular weight excluding hydrogens is 404 g/mol. The minimum atomic E-state index is -0.773. The van der Waals surface area contributed by atoms with E-state index in [-0.39, 0.29) is 10.6 Å². The molecule has 0 bridgehead atoms. The fourth-order valence-corrected chi connectivity index (χ4v) is 3.31. The number of nitrogens with zero attached hydrogens (tertiary/aromatic N) is 4. The minimum absolute atomic E-state index is 0.00542. The van der Waals surface area contributed by atoms with E-state index in [0.717, 1.165) is 11.6 Å². The maximum Gasteiger partial charge on any atom is 0.263 e. The molecule has 1 aromatic carbocycles. The van der Waals surface area contributed by atoms with Crippen LogP contribution < -0.4 is 9.91 Å². The zero-order chi connectivity index (χ0) is 20.3. The molecule has 3 rings (SSSR count). The fourth-order valence-electron chi connectivity index (χ4n) is 2.27. The predicted molar refractivity (Wildman–Crippen MR) is 106 cm³/mol. The molecule has 0 aliphatic heterocycles. The number of nitro groups is 1. The van der Waals surface area contributed by atoms with Crippen molar-refractivity contribution in [3.8, 4) is 17.2 Å². The molecule has 144 valence electrons. The summed E-state index contributed by atoms with van der Waals surface area (Å²) in [6.07, 6.45) is 2.75. The van der Waals surface area contributed by atoms with Gasteiger partial charge in [0.25, 0.3) is 5.69 Å². The van der Waals surface area contributed by atoms with Gasteiger partial charge in [-0.15, -0.1) is 11.3 Å². The van der Waals surface area contributed by atoms with Gasteiger partial charge in [0.15, 0.2) is 5.76 Å². The van der Waals surface area contributed by atoms with Crippen LogP contribution in [-0.2, 0) is 0 Å². The molecule has 0 N–H and O–H groups in total. The number of thiazole rings is 1. The minimum Gasteiger partial charge on any atom is -0.867 e. The summed E-state index contributed by atoms with van der Waals surface area (Å²) in [4.78, 5) is 15.3. The monoisotopic (exact) mass is 417 g/mol. The van der Waals surface area contributed by atoms with Gasteiger partial charge >= 0.3 is 0 Å². The normalized spacial score (nSPS) is 12.0. The zero-order valence-corrected chi connectivity index (χ0v) is 16.2. The van der Waals surface area contributed by atoms with E-state index in [2.05, 4.69) is 16.7 Å². The van der Waals surface area contributed by atoms with Gasteiger partial charge in [0, 0.05) is 16.5 Å². The number of aromatic nitrogens is 1. The first-order valence-corrected chi connectivity index (χ1v) is 9.21. The Hall–Kier alpha value is -3.17. The Kier molecular flexibility index (Phi) is 5.76. The summed E-state index contributed by atoms with van der Waals surface area (Å²) in [6.45, 7) is 6.08. The van der Waals surface area contributed by atoms with E-state index in [1.165, 1.54) is 34.6 Å². The average Bonchev–Trinajstić information content (AvgIpc) is 3.29. The first-order chi connectivity index (χ1) is 13.4. The summed E-state index contributed by atoms with van der Waals surface area (Å²) in [5.74, 6) is -0.210. The smallest absolute Gasteiger partial charge is 0.263 e. The topological polar surface area (TPSA) is 109 Å². The number of nitro benzene ring substituents is 1. The molecule has 0 radical (unpaired) electrons. The second-order valence-electron chi connectivity index (χ2n) is 5.81. The van der Waals surface area contributed by atoms with Crippen LogP contribution >= 0.6 is 22.9 Å². The molecule has 0 aliphatic rings. The van der Waals surface area contributed by atoms with E-state index in [1.54, 1.807) is 12.1 Å². The standard InChI is InChI=1S/C18H15ClN4O4S/c1-11(2)8-20-18-22(15(10-28-18)16-4-3-5-27-16)21-9-12-6-13(19)7-14(17(12)24)23(25)26/h3-7,9-10,24H,1,8H2,2H3/p-1/b20-18?,21-9-. The molecule has 0 unspecified atom stereocenters. The third-order valence-corrected chi connectivity index (χ3v) is 4.59. The molecular formula is C18H14ClN4O4S-. The van der Waals surface area contributed by atoms with Crippen LogP contribution in [0.15, 0.2) is 62.6 Å². The molecule has 3 aromatic rings. The van der Waals surface area contributed by atoms with E-state index in [1.807, 2.05) is 12.3 Å². The van der Waals surface area contributed by atoms with Crippen LogP contribution in [0.4, 0.5) is 5.69 Å². The Morgan fingerprint density at radius 1 is 1.50 bits per heavy atom. The van der Waals surface area contributed by atoms with Crippen LogP contribution in [0.3, 0.4) is 0 Å². The number of furan rings is 1. The van der Waals surface area contributed by atoms with Gasteiger partial charge in [-0.1, -0.05) is 23.8 Å². The summed E-state index contributed by atoms with van der Waals surface area (Å²) >= 11 is 7.24. The molecule has 8 nitrogen and oxygen atoms in total. The highest BCUT2D eigenvalue weighted by molar-refractivity contribution is 7.07. The molecule has 2 aromatic heterocycles. The third-order valence-electron chi connectivity index (χ3n) is 3.52. The molecule has 28 heavy (non-hydrogen) atoms. The van der Waals surface area contributed by atoms with E-state index < -0.39 is 16.4 Å². The van der Waals surface area contributed by atoms with Crippen molar-refractivity contribution < 1.29 is 14.4 Å². The number of hydrogen-bond acceptors (Lipinski definition) is 7. The maximum absolute atomic E-state index is 12.3. The lowest BCUT2D eigenvalue weighted by molar-refractivity contribution is -0.398. The molecule has 0 spiro atoms. The second kappa shape index (κ2) is 8.24. The summed E-state index contributed by atoms with van der Waals surface area (Å²) in [6, 6.07) is 5.84. The lowest BCUT2D eigenvalue weighted by atomic mass is 10.2. The average molecular weight is 418 g/mol. The molecule has 0 aliphatic carbocycles. The highest BCUT2D eigenvalue weighted by Crippen LogP contribution is 2.30. The first-order valence-electron chi connectivity index (χ1n) is 7.95. The second-order valence-corrected chi connectivity index (χ2v) is 7.08. The van der Waals surface area contributed by atoms with Gasteiger partial charge in [0.1, 0.15) is 5.69 Å². The molecule has 0 fully saturated rings. The zero-order valence-electron chi connectivity index (χ0n) is 14.7. The van der Waals surface area contributed by atoms with Gasteiger partial charge in [-0.25, -0.2) is 4.68 Å². The Bertz CT molecular complexity index is 1130. The van der Waals surface area contributed by atoms with Crippen molar-refractivity contribution in [3.05, 3.63) is 73.6 Å². The van der Waals surface area contributed by atoms with Crippen LogP contribution in [0.25, 0.3) is 11.5 Å². The lowest BCUT2D eigenvalue weighted by Crippen LogP contribution is -2.13. The van der Waals surface area contributed by atoms with E-state index in [9.17, 15) is 15.2 Å². The highest BCUT2D eigenvalue weighted by Gasteiger charge is 2.13. The van der Waals surface area contributed by atoms with Crippen molar-refractivity contribution >= 4 is 34.8 Å². The van der Waals surface area contributed by atoms with Crippen molar-refractivity contribution in [2.45, 2.75) is 6.92 Å². The van der Waals surface area contributed by atoms with Gasteiger partial charge < -0.3 is 9.52 Å². The molecule has 10 heteroatoms. The highest BCUT2D eigenvalue weighted by atomic mass is 35.5. The fraction of sp³-hybridized carbons (Fsp3) is 0.111. The van der Waals surface area contributed by atoms with Gasteiger partial charge in [0.05, 0.1) is 23.9 Å². The quantitative estimate of drug-likeness (QED) is 0.263. The van der Waals surface area contributed by atoms with Gasteiger partial charge in [-0.2, -0.15) is 5.10 Å². The molecule has 0 atom stereocenters. The number of benzene rings is 1. The summed E-state index contributed by atoms with van der Waals surface area (Å²) in [5, 5.41) is 29.5. The maximum atomic E-state index is 12.3. The molecule has 0 saturated heterocycles. The van der Waals surface area contributed by atoms with Crippen LogP contribution in [-0.4, -0.2) is 22.4 Å². The Labute approximate surface area is 168 Å². The van der Waals surface area contributed by atoms with Crippen molar-refractivity contribution in [3.63, 3.8) is 0 Å². The van der Waals surface area contributed by atoms with Gasteiger partial charge in [-0.05, 0) is 36.4 Å². The van der Waals surface area contributed by atoms with Gasteiger partial charge in [-0.3, -0.25) is 15.1 Å². The van der Waals surface area contributed by atoms with E-state index >= 15 is 0 Å². The van der Waals surface area contributed by atoms with E-state index in [0.29, 0.717) is 22.8 Å². The van der Waals surface area contributed by atoms with Crippen LogP contribution in [0.2, 0.25) is 5.02 Å². The summed E-state index contributed by atoms with van der Waals surface area (Å²) in [7, 11) is 0. The van der Waals surface area contributed by atoms with Crippen LogP contribution in [0.5, 0.6) is 5.75 Å². The molecule has 2 heterocycles. The SMILES string of the molecule is C=C(C)CN=c1scc(-c2ccco2)n1/N=C\c1cc(Cl)cc([N+](=O)[O-])c1[O-]. The van der Waals surface area contributed by atoms with E-state index in [4.69, 9.17) is 16.0 Å². The van der Waals surface area contributed by atoms with Gasteiger partial charge in [0.2, 0.25) is 4.80 Å². The van der Waals surface area contributed by atoms with Crippen molar-refractivity contribution in [1.82, 2.24) is 4.68 Å². The molecule has 0 saturated carbocycles. The van der Waals surface area contributed by atoms with Crippen molar-refractivity contribution in [2.24, 2.45) is 10.1 Å². The third kappa shape index (κ3) is 4.21. The Morgan fingerprint density at radius 2 is 2.29 bits per heavy atom. The number of rotatable bonds is 6. The van der Waals surface area contributed by atoms with Crippen molar-refractivity contribution in [2.75, 3.05) is 6.54 Å². The predicted octanol–water partition coefficient (Wildman–Crippen LogP) is 3.80. The summed E-state index contributed by atoms with van der Waals surface area (Å²) < 4.78 is 6.92. The van der Waals surface area contributed by atoms with Crippen LogP contribution in [0, 0.1) is 10.1 Å². The van der Waals surface area contributed by atoms with Crippen molar-refractivity contribution in [1.29, 1.82) is 0 Å². The largest absolute Gasteiger partial charge is 0.867 e.